The third-order valence-corrected chi connectivity index (χ3v) is 3.02. The maximum atomic E-state index is 10.5. The Morgan fingerprint density at radius 3 is 2.00 bits per heavy atom. The SMILES string of the molecule is CC(CNS(C)(=O)=O)S(=O)(=O)O. The molecule has 0 aromatic rings. The van der Waals surface area contributed by atoms with Gasteiger partial charge in [-0.3, -0.25) is 4.55 Å². The lowest BCUT2D eigenvalue weighted by Crippen LogP contribution is -2.34. The molecule has 0 bridgehead atoms. The predicted molar refractivity (Wildman–Crippen MR) is 43.9 cm³/mol. The molecule has 0 radical (unpaired) electrons. The molecule has 0 fully saturated rings. The molecule has 0 spiro atoms. The number of hydrogen-bond donors (Lipinski definition) is 2. The van der Waals surface area contributed by atoms with Crippen LogP contribution < -0.4 is 4.72 Å². The second-order valence-electron chi connectivity index (χ2n) is 2.45. The summed E-state index contributed by atoms with van der Waals surface area (Å²) in [6.07, 6.45) is 0.906. The van der Waals surface area contributed by atoms with E-state index in [0.29, 0.717) is 0 Å². The van der Waals surface area contributed by atoms with Gasteiger partial charge in [-0.15, -0.1) is 0 Å². The topological polar surface area (TPSA) is 101 Å². The van der Waals surface area contributed by atoms with Crippen molar-refractivity contribution in [2.75, 3.05) is 12.8 Å². The van der Waals surface area contributed by atoms with Crippen molar-refractivity contribution >= 4 is 20.1 Å². The average Bonchev–Trinajstić information content (AvgIpc) is 1.78. The fourth-order valence-corrected chi connectivity index (χ4v) is 1.33. The standard InChI is InChI=1S/C4H11NO5S2/c1-4(12(8,9)10)3-5-11(2,6)7/h4-5H,3H2,1-2H3,(H,8,9,10). The highest BCUT2D eigenvalue weighted by Crippen LogP contribution is 1.95. The van der Waals surface area contributed by atoms with Crippen LogP contribution in [0.4, 0.5) is 0 Å². The Morgan fingerprint density at radius 2 is 1.75 bits per heavy atom. The Kier molecular flexibility index (Phi) is 3.63. The largest absolute Gasteiger partial charge is 0.285 e. The van der Waals surface area contributed by atoms with E-state index in [4.69, 9.17) is 4.55 Å². The first-order valence-electron chi connectivity index (χ1n) is 3.04. The minimum Gasteiger partial charge on any atom is -0.285 e. The summed E-state index contributed by atoms with van der Waals surface area (Å²) >= 11 is 0. The molecule has 0 saturated heterocycles. The van der Waals surface area contributed by atoms with Crippen molar-refractivity contribution < 1.29 is 21.4 Å². The molecule has 0 rings (SSSR count). The average molecular weight is 217 g/mol. The molecule has 0 aromatic carbocycles. The Hall–Kier alpha value is -0.180. The monoisotopic (exact) mass is 217 g/mol. The molecule has 0 aliphatic rings. The van der Waals surface area contributed by atoms with Crippen molar-refractivity contribution in [3.8, 4) is 0 Å². The number of hydrogen-bond acceptors (Lipinski definition) is 4. The van der Waals surface area contributed by atoms with Gasteiger partial charge in [0, 0.05) is 6.54 Å². The van der Waals surface area contributed by atoms with Gasteiger partial charge in [0.15, 0.2) is 0 Å². The lowest BCUT2D eigenvalue weighted by Gasteiger charge is -2.07. The Bertz CT molecular complexity index is 328. The molecule has 12 heavy (non-hydrogen) atoms. The first-order chi connectivity index (χ1) is 5.13. The van der Waals surface area contributed by atoms with Gasteiger partial charge in [-0.05, 0) is 6.92 Å². The van der Waals surface area contributed by atoms with Crippen LogP contribution in [0.5, 0.6) is 0 Å². The third kappa shape index (κ3) is 5.47. The minimum absolute atomic E-state index is 0.322. The van der Waals surface area contributed by atoms with Gasteiger partial charge in [0.2, 0.25) is 10.0 Å². The lowest BCUT2D eigenvalue weighted by atomic mass is 10.5. The van der Waals surface area contributed by atoms with Crippen molar-refractivity contribution in [3.05, 3.63) is 0 Å². The molecular formula is C4H11NO5S2. The minimum atomic E-state index is -4.15. The van der Waals surface area contributed by atoms with Crippen LogP contribution in [0.1, 0.15) is 6.92 Å². The summed E-state index contributed by atoms with van der Waals surface area (Å²) in [5.41, 5.74) is 0. The summed E-state index contributed by atoms with van der Waals surface area (Å²) < 4.78 is 52.1. The number of nitrogens with one attached hydrogen (secondary N) is 1. The van der Waals surface area contributed by atoms with E-state index in [9.17, 15) is 16.8 Å². The van der Waals surface area contributed by atoms with Crippen LogP contribution in [0.15, 0.2) is 0 Å². The molecular weight excluding hydrogens is 206 g/mol. The van der Waals surface area contributed by atoms with E-state index in [1.54, 1.807) is 0 Å². The van der Waals surface area contributed by atoms with Crippen LogP contribution in [0.3, 0.4) is 0 Å². The summed E-state index contributed by atoms with van der Waals surface area (Å²) in [7, 11) is -7.56. The van der Waals surface area contributed by atoms with Gasteiger partial charge in [0.05, 0.1) is 11.5 Å². The van der Waals surface area contributed by atoms with Crippen molar-refractivity contribution in [2.24, 2.45) is 0 Å². The molecule has 0 heterocycles. The third-order valence-electron chi connectivity index (χ3n) is 1.14. The Morgan fingerprint density at radius 1 is 1.33 bits per heavy atom. The van der Waals surface area contributed by atoms with Gasteiger partial charge in [0.25, 0.3) is 10.1 Å². The maximum Gasteiger partial charge on any atom is 0.268 e. The van der Waals surface area contributed by atoms with Crippen molar-refractivity contribution in [1.29, 1.82) is 0 Å². The predicted octanol–water partition coefficient (Wildman–Crippen LogP) is -1.19. The van der Waals surface area contributed by atoms with Crippen LogP contribution in [-0.4, -0.2) is 39.4 Å². The Balaban J connectivity index is 4.16. The lowest BCUT2D eigenvalue weighted by molar-refractivity contribution is 0.469. The quantitative estimate of drug-likeness (QED) is 0.577. The van der Waals surface area contributed by atoms with E-state index in [1.807, 2.05) is 4.72 Å². The van der Waals surface area contributed by atoms with Crippen molar-refractivity contribution in [2.45, 2.75) is 12.2 Å². The van der Waals surface area contributed by atoms with Gasteiger partial charge in [0.1, 0.15) is 0 Å². The molecule has 1 unspecified atom stereocenters. The summed E-state index contributed by atoms with van der Waals surface area (Å²) in [5.74, 6) is 0. The summed E-state index contributed by atoms with van der Waals surface area (Å²) in [5, 5.41) is -1.13. The maximum absolute atomic E-state index is 10.5. The summed E-state index contributed by atoms with van der Waals surface area (Å²) in [6.45, 7) is 0.880. The van der Waals surface area contributed by atoms with Gasteiger partial charge in [-0.25, -0.2) is 13.1 Å². The molecule has 2 N–H and O–H groups in total. The number of sulfonamides is 1. The highest BCUT2D eigenvalue weighted by molar-refractivity contribution is 7.89. The van der Waals surface area contributed by atoms with Gasteiger partial charge >= 0.3 is 0 Å². The zero-order valence-corrected chi connectivity index (χ0v) is 8.31. The smallest absolute Gasteiger partial charge is 0.268 e. The Labute approximate surface area is 71.8 Å². The molecule has 1 atom stereocenters. The zero-order valence-electron chi connectivity index (χ0n) is 6.68. The molecule has 6 nitrogen and oxygen atoms in total. The van der Waals surface area contributed by atoms with E-state index in [2.05, 4.69) is 0 Å². The van der Waals surface area contributed by atoms with Crippen LogP contribution in [-0.2, 0) is 20.1 Å². The first kappa shape index (κ1) is 11.8. The highest BCUT2D eigenvalue weighted by Gasteiger charge is 2.18. The fraction of sp³-hybridized carbons (Fsp3) is 1.00. The van der Waals surface area contributed by atoms with E-state index >= 15 is 0 Å². The van der Waals surface area contributed by atoms with E-state index < -0.39 is 25.4 Å². The van der Waals surface area contributed by atoms with Crippen LogP contribution >= 0.6 is 0 Å². The summed E-state index contributed by atoms with van der Waals surface area (Å²) in [6, 6.07) is 0. The number of rotatable bonds is 4. The van der Waals surface area contributed by atoms with Crippen LogP contribution in [0, 0.1) is 0 Å². The first-order valence-corrected chi connectivity index (χ1v) is 6.43. The van der Waals surface area contributed by atoms with Crippen LogP contribution in [0.25, 0.3) is 0 Å². The fourth-order valence-electron chi connectivity index (χ4n) is 0.374. The summed E-state index contributed by atoms with van der Waals surface area (Å²) in [4.78, 5) is 0. The van der Waals surface area contributed by atoms with E-state index in [-0.39, 0.29) is 6.54 Å². The van der Waals surface area contributed by atoms with Gasteiger partial charge in [-0.1, -0.05) is 0 Å². The van der Waals surface area contributed by atoms with Crippen molar-refractivity contribution in [3.63, 3.8) is 0 Å². The van der Waals surface area contributed by atoms with Gasteiger partial charge < -0.3 is 0 Å². The molecule has 0 aromatic heterocycles. The van der Waals surface area contributed by atoms with Crippen molar-refractivity contribution in [1.82, 2.24) is 4.72 Å². The zero-order chi connectivity index (χ0) is 9.99. The van der Waals surface area contributed by atoms with Crippen LogP contribution in [0.2, 0.25) is 0 Å². The van der Waals surface area contributed by atoms with E-state index in [0.717, 1.165) is 6.26 Å². The molecule has 0 aliphatic heterocycles. The molecule has 0 aliphatic carbocycles. The normalized spacial score (nSPS) is 15.9. The van der Waals surface area contributed by atoms with E-state index in [1.165, 1.54) is 6.92 Å². The molecule has 74 valence electrons. The molecule has 8 heteroatoms. The second kappa shape index (κ2) is 3.69. The van der Waals surface area contributed by atoms with Gasteiger partial charge in [-0.2, -0.15) is 8.42 Å². The highest BCUT2D eigenvalue weighted by atomic mass is 32.2. The second-order valence-corrected chi connectivity index (χ2v) is 6.11. The molecule has 0 amide bonds. The molecule has 0 saturated carbocycles.